The van der Waals surface area contributed by atoms with Crippen molar-refractivity contribution in [3.8, 4) is 0 Å². The van der Waals surface area contributed by atoms with Gasteiger partial charge < -0.3 is 5.11 Å². The van der Waals surface area contributed by atoms with Gasteiger partial charge in [0.05, 0.1) is 6.10 Å². The Balaban J connectivity index is 2.07. The average Bonchev–Trinajstić information content (AvgIpc) is 2.59. The standard InChI is InChI=1S/C13H18OS/c1-9-3-4-11(5-10(9)2)6-12-7-15-8-13(12)14/h3-5,12-14H,6-8H2,1-2H3. The van der Waals surface area contributed by atoms with E-state index >= 15 is 0 Å². The van der Waals surface area contributed by atoms with Crippen molar-refractivity contribution in [3.05, 3.63) is 34.9 Å². The van der Waals surface area contributed by atoms with E-state index in [9.17, 15) is 5.11 Å². The summed E-state index contributed by atoms with van der Waals surface area (Å²) in [6.45, 7) is 4.29. The van der Waals surface area contributed by atoms with Crippen molar-refractivity contribution in [1.29, 1.82) is 0 Å². The van der Waals surface area contributed by atoms with Crippen LogP contribution in [0.15, 0.2) is 18.2 Å². The Labute approximate surface area is 95.9 Å². The fraction of sp³-hybridized carbons (Fsp3) is 0.538. The molecule has 0 aromatic heterocycles. The highest BCUT2D eigenvalue weighted by Gasteiger charge is 2.25. The van der Waals surface area contributed by atoms with Gasteiger partial charge >= 0.3 is 0 Å². The fourth-order valence-electron chi connectivity index (χ4n) is 2.02. The molecule has 2 heteroatoms. The Morgan fingerprint density at radius 2 is 2.07 bits per heavy atom. The van der Waals surface area contributed by atoms with Gasteiger partial charge in [-0.2, -0.15) is 11.8 Å². The molecule has 0 saturated carbocycles. The maximum atomic E-state index is 9.75. The molecule has 0 aliphatic carbocycles. The van der Waals surface area contributed by atoms with Crippen molar-refractivity contribution in [2.75, 3.05) is 11.5 Å². The van der Waals surface area contributed by atoms with E-state index in [4.69, 9.17) is 0 Å². The SMILES string of the molecule is Cc1ccc(CC2CSCC2O)cc1C. The van der Waals surface area contributed by atoms with Gasteiger partial charge in [0.1, 0.15) is 0 Å². The summed E-state index contributed by atoms with van der Waals surface area (Å²) in [4.78, 5) is 0. The summed E-state index contributed by atoms with van der Waals surface area (Å²) >= 11 is 1.87. The molecule has 2 unspecified atom stereocenters. The Morgan fingerprint density at radius 1 is 1.27 bits per heavy atom. The zero-order valence-corrected chi connectivity index (χ0v) is 10.2. The lowest BCUT2D eigenvalue weighted by Gasteiger charge is -2.14. The van der Waals surface area contributed by atoms with Crippen LogP contribution in [0.5, 0.6) is 0 Å². The fourth-order valence-corrected chi connectivity index (χ4v) is 3.31. The number of aliphatic hydroxyl groups is 1. The minimum Gasteiger partial charge on any atom is -0.392 e. The highest BCUT2D eigenvalue weighted by Crippen LogP contribution is 2.27. The van der Waals surface area contributed by atoms with E-state index in [1.54, 1.807) is 0 Å². The third-order valence-corrected chi connectivity index (χ3v) is 4.47. The molecule has 0 bridgehead atoms. The molecule has 1 N–H and O–H groups in total. The predicted octanol–water partition coefficient (Wildman–Crippen LogP) is 2.57. The van der Waals surface area contributed by atoms with E-state index in [0.717, 1.165) is 17.9 Å². The predicted molar refractivity (Wildman–Crippen MR) is 66.4 cm³/mol. The zero-order valence-electron chi connectivity index (χ0n) is 9.36. The van der Waals surface area contributed by atoms with Crippen LogP contribution < -0.4 is 0 Å². The molecular weight excluding hydrogens is 204 g/mol. The molecule has 82 valence electrons. The van der Waals surface area contributed by atoms with Crippen LogP contribution in [0.25, 0.3) is 0 Å². The molecule has 0 spiro atoms. The second kappa shape index (κ2) is 4.58. The van der Waals surface area contributed by atoms with Crippen LogP contribution in [0.2, 0.25) is 0 Å². The minimum atomic E-state index is -0.100. The summed E-state index contributed by atoms with van der Waals surface area (Å²) in [6, 6.07) is 6.63. The molecule has 1 aromatic rings. The summed E-state index contributed by atoms with van der Waals surface area (Å²) in [6.07, 6.45) is 0.923. The molecule has 2 rings (SSSR count). The molecule has 0 amide bonds. The first-order valence-electron chi connectivity index (χ1n) is 5.49. The maximum absolute atomic E-state index is 9.75. The summed E-state index contributed by atoms with van der Waals surface area (Å²) in [5.41, 5.74) is 4.07. The summed E-state index contributed by atoms with van der Waals surface area (Å²) < 4.78 is 0. The molecule has 1 fully saturated rings. The van der Waals surface area contributed by atoms with Gasteiger partial charge in [-0.05, 0) is 48.6 Å². The average molecular weight is 222 g/mol. The monoisotopic (exact) mass is 222 g/mol. The molecule has 1 heterocycles. The van der Waals surface area contributed by atoms with Gasteiger partial charge in [0.15, 0.2) is 0 Å². The van der Waals surface area contributed by atoms with Crippen LogP contribution in [0.1, 0.15) is 16.7 Å². The first kappa shape index (κ1) is 11.0. The highest BCUT2D eigenvalue weighted by molar-refractivity contribution is 7.99. The first-order valence-corrected chi connectivity index (χ1v) is 6.64. The zero-order chi connectivity index (χ0) is 10.8. The molecule has 1 nitrogen and oxygen atoms in total. The van der Waals surface area contributed by atoms with Crippen molar-refractivity contribution < 1.29 is 5.11 Å². The summed E-state index contributed by atoms with van der Waals surface area (Å²) in [5.74, 6) is 2.47. The van der Waals surface area contributed by atoms with Crippen molar-refractivity contribution >= 4 is 11.8 Å². The van der Waals surface area contributed by atoms with E-state index in [-0.39, 0.29) is 6.10 Å². The molecular formula is C13H18OS. The molecule has 2 atom stereocenters. The number of thioether (sulfide) groups is 1. The van der Waals surface area contributed by atoms with Gasteiger partial charge in [-0.3, -0.25) is 0 Å². The largest absolute Gasteiger partial charge is 0.392 e. The van der Waals surface area contributed by atoms with Gasteiger partial charge in [-0.1, -0.05) is 18.2 Å². The maximum Gasteiger partial charge on any atom is 0.0669 e. The number of hydrogen-bond acceptors (Lipinski definition) is 2. The molecule has 1 aliphatic rings. The van der Waals surface area contributed by atoms with Crippen molar-refractivity contribution in [2.45, 2.75) is 26.4 Å². The Kier molecular flexibility index (Phi) is 3.37. The topological polar surface area (TPSA) is 20.2 Å². The first-order chi connectivity index (χ1) is 7.16. The lowest BCUT2D eigenvalue weighted by molar-refractivity contribution is 0.150. The van der Waals surface area contributed by atoms with Crippen LogP contribution in [0, 0.1) is 19.8 Å². The van der Waals surface area contributed by atoms with Gasteiger partial charge in [-0.25, -0.2) is 0 Å². The van der Waals surface area contributed by atoms with E-state index in [1.165, 1.54) is 16.7 Å². The summed E-state index contributed by atoms with van der Waals surface area (Å²) in [7, 11) is 0. The molecule has 0 radical (unpaired) electrons. The number of hydrogen-bond donors (Lipinski definition) is 1. The lowest BCUT2D eigenvalue weighted by Crippen LogP contribution is -2.19. The number of rotatable bonds is 2. The van der Waals surface area contributed by atoms with Crippen molar-refractivity contribution in [1.82, 2.24) is 0 Å². The normalized spacial score (nSPS) is 25.8. The quantitative estimate of drug-likeness (QED) is 0.830. The third-order valence-electron chi connectivity index (χ3n) is 3.23. The minimum absolute atomic E-state index is 0.100. The molecule has 15 heavy (non-hydrogen) atoms. The molecule has 1 aliphatic heterocycles. The van der Waals surface area contributed by atoms with Crippen LogP contribution in [0.4, 0.5) is 0 Å². The van der Waals surface area contributed by atoms with Crippen LogP contribution >= 0.6 is 11.8 Å². The van der Waals surface area contributed by atoms with Crippen molar-refractivity contribution in [3.63, 3.8) is 0 Å². The van der Waals surface area contributed by atoms with E-state index in [0.29, 0.717) is 5.92 Å². The van der Waals surface area contributed by atoms with E-state index in [2.05, 4.69) is 32.0 Å². The van der Waals surface area contributed by atoms with Gasteiger partial charge in [0.25, 0.3) is 0 Å². The van der Waals surface area contributed by atoms with Gasteiger partial charge in [0.2, 0.25) is 0 Å². The number of benzene rings is 1. The number of aryl methyl sites for hydroxylation is 2. The second-order valence-corrected chi connectivity index (χ2v) is 5.56. The Morgan fingerprint density at radius 3 is 2.67 bits per heavy atom. The Bertz CT molecular complexity index is 348. The Hall–Kier alpha value is -0.470. The van der Waals surface area contributed by atoms with Gasteiger partial charge in [0, 0.05) is 5.75 Å². The van der Waals surface area contributed by atoms with Crippen LogP contribution in [0.3, 0.4) is 0 Å². The summed E-state index contributed by atoms with van der Waals surface area (Å²) in [5, 5.41) is 9.75. The smallest absolute Gasteiger partial charge is 0.0669 e. The highest BCUT2D eigenvalue weighted by atomic mass is 32.2. The number of aliphatic hydroxyl groups excluding tert-OH is 1. The lowest BCUT2D eigenvalue weighted by atomic mass is 9.95. The molecule has 1 saturated heterocycles. The molecule has 1 aromatic carbocycles. The second-order valence-electron chi connectivity index (χ2n) is 4.49. The third kappa shape index (κ3) is 2.56. The van der Waals surface area contributed by atoms with Crippen LogP contribution in [-0.2, 0) is 6.42 Å². The van der Waals surface area contributed by atoms with Crippen LogP contribution in [-0.4, -0.2) is 22.7 Å². The van der Waals surface area contributed by atoms with E-state index < -0.39 is 0 Å². The van der Waals surface area contributed by atoms with Gasteiger partial charge in [-0.15, -0.1) is 0 Å². The van der Waals surface area contributed by atoms with Crippen molar-refractivity contribution in [2.24, 2.45) is 5.92 Å². The van der Waals surface area contributed by atoms with E-state index in [1.807, 2.05) is 11.8 Å².